The first-order valence-electron chi connectivity index (χ1n) is 7.23. The average molecular weight is 230 g/mol. The molecule has 3 rings (SSSR count). The summed E-state index contributed by atoms with van der Waals surface area (Å²) in [4.78, 5) is 12.7. The Bertz CT molecular complexity index is 321. The largest absolute Gasteiger partial charge is 0.299 e. The third-order valence-corrected chi connectivity index (χ3v) is 4.89. The van der Waals surface area contributed by atoms with Crippen molar-refractivity contribution in [2.75, 3.05) is 0 Å². The number of rotatable bonds is 0. The fourth-order valence-corrected chi connectivity index (χ4v) is 3.96. The molecule has 0 N–H and O–H groups in total. The van der Waals surface area contributed by atoms with E-state index in [0.717, 1.165) is 25.7 Å². The van der Waals surface area contributed by atoms with E-state index >= 15 is 0 Å². The minimum Gasteiger partial charge on any atom is -0.299 e. The fourth-order valence-electron chi connectivity index (χ4n) is 3.96. The van der Waals surface area contributed by atoms with Gasteiger partial charge < -0.3 is 0 Å². The van der Waals surface area contributed by atoms with Crippen LogP contribution in [-0.2, 0) is 4.79 Å². The van der Waals surface area contributed by atoms with Crippen LogP contribution >= 0.6 is 0 Å². The number of ketones is 1. The predicted octanol–water partition coefficient (Wildman–Crippen LogP) is 3.90. The highest BCUT2D eigenvalue weighted by Crippen LogP contribution is 2.40. The highest BCUT2D eigenvalue weighted by Gasteiger charge is 2.38. The third-order valence-electron chi connectivity index (χ3n) is 4.89. The van der Waals surface area contributed by atoms with Crippen LogP contribution in [0, 0.1) is 23.7 Å². The van der Waals surface area contributed by atoms with Crippen molar-refractivity contribution in [1.82, 2.24) is 0 Å². The SMILES string of the molecule is O=C1[C@H]2CCC=C[C@@H]2CCC[C@@H]2C=CCC[C@H]12. The lowest BCUT2D eigenvalue weighted by atomic mass is 9.67. The summed E-state index contributed by atoms with van der Waals surface area (Å²) in [6.07, 6.45) is 17.4. The van der Waals surface area contributed by atoms with Gasteiger partial charge in [-0.2, -0.15) is 0 Å². The van der Waals surface area contributed by atoms with E-state index < -0.39 is 0 Å². The standard InChI is InChI=1S/C16H22O/c17-16-14-10-3-1-6-12(14)8-5-9-13-7-2-4-11-15(13)16/h1-2,6-7,12-15H,3-5,8-11H2/t12-,13+,14-,15-/m0/s1. The van der Waals surface area contributed by atoms with Crippen molar-refractivity contribution in [3.8, 4) is 0 Å². The highest BCUT2D eigenvalue weighted by molar-refractivity contribution is 5.84. The van der Waals surface area contributed by atoms with Crippen LogP contribution in [0.25, 0.3) is 0 Å². The Kier molecular flexibility index (Phi) is 3.17. The monoisotopic (exact) mass is 230 g/mol. The van der Waals surface area contributed by atoms with E-state index in [4.69, 9.17) is 0 Å². The minimum atomic E-state index is 0.347. The van der Waals surface area contributed by atoms with Crippen LogP contribution in [0.4, 0.5) is 0 Å². The lowest BCUT2D eigenvalue weighted by molar-refractivity contribution is -0.130. The lowest BCUT2D eigenvalue weighted by Gasteiger charge is -2.36. The molecule has 0 aliphatic heterocycles. The van der Waals surface area contributed by atoms with Crippen molar-refractivity contribution in [3.63, 3.8) is 0 Å². The summed E-state index contributed by atoms with van der Waals surface area (Å²) in [7, 11) is 0. The molecule has 0 aromatic rings. The predicted molar refractivity (Wildman–Crippen MR) is 69.6 cm³/mol. The van der Waals surface area contributed by atoms with E-state index in [-0.39, 0.29) is 0 Å². The second kappa shape index (κ2) is 4.80. The molecule has 1 nitrogen and oxygen atoms in total. The molecule has 0 aromatic heterocycles. The van der Waals surface area contributed by atoms with E-state index in [1.54, 1.807) is 0 Å². The van der Waals surface area contributed by atoms with Crippen LogP contribution in [0.2, 0.25) is 0 Å². The van der Waals surface area contributed by atoms with E-state index in [2.05, 4.69) is 24.3 Å². The maximum absolute atomic E-state index is 12.7. The van der Waals surface area contributed by atoms with Gasteiger partial charge in [0.25, 0.3) is 0 Å². The molecule has 17 heavy (non-hydrogen) atoms. The van der Waals surface area contributed by atoms with Gasteiger partial charge in [-0.15, -0.1) is 0 Å². The zero-order valence-corrected chi connectivity index (χ0v) is 10.5. The number of hydrogen-bond donors (Lipinski definition) is 0. The molecule has 0 unspecified atom stereocenters. The molecule has 3 aliphatic carbocycles. The van der Waals surface area contributed by atoms with Gasteiger partial charge in [-0.25, -0.2) is 0 Å². The smallest absolute Gasteiger partial charge is 0.140 e. The Morgan fingerprint density at radius 2 is 1.35 bits per heavy atom. The quantitative estimate of drug-likeness (QED) is 0.577. The van der Waals surface area contributed by atoms with Crippen LogP contribution in [0.1, 0.15) is 44.9 Å². The molecule has 0 heterocycles. The number of Topliss-reactive ketones (excluding diaryl/α,β-unsaturated/α-hetero) is 1. The Morgan fingerprint density at radius 1 is 0.824 bits per heavy atom. The molecule has 0 aromatic carbocycles. The Hall–Kier alpha value is -0.850. The second-order valence-corrected chi connectivity index (χ2v) is 5.88. The minimum absolute atomic E-state index is 0.347. The van der Waals surface area contributed by atoms with Gasteiger partial charge in [0, 0.05) is 11.8 Å². The molecular weight excluding hydrogens is 208 g/mol. The summed E-state index contributed by atoms with van der Waals surface area (Å²) in [5.41, 5.74) is 0. The Morgan fingerprint density at radius 3 is 1.88 bits per heavy atom. The molecule has 0 amide bonds. The van der Waals surface area contributed by atoms with E-state index in [1.165, 1.54) is 19.3 Å². The molecule has 0 bridgehead atoms. The van der Waals surface area contributed by atoms with Crippen LogP contribution in [0.5, 0.6) is 0 Å². The van der Waals surface area contributed by atoms with Crippen LogP contribution < -0.4 is 0 Å². The van der Waals surface area contributed by atoms with Gasteiger partial charge in [0.2, 0.25) is 0 Å². The van der Waals surface area contributed by atoms with Crippen molar-refractivity contribution in [3.05, 3.63) is 24.3 Å². The maximum Gasteiger partial charge on any atom is 0.140 e. The number of carbonyl (C=O) groups is 1. The Balaban J connectivity index is 1.85. The molecule has 0 spiro atoms. The first kappa shape index (κ1) is 11.3. The maximum atomic E-state index is 12.7. The molecule has 0 saturated heterocycles. The van der Waals surface area contributed by atoms with Crippen LogP contribution in [-0.4, -0.2) is 5.78 Å². The van der Waals surface area contributed by atoms with Gasteiger partial charge >= 0.3 is 0 Å². The van der Waals surface area contributed by atoms with Gasteiger partial charge in [0.05, 0.1) is 0 Å². The van der Waals surface area contributed by atoms with E-state index in [0.29, 0.717) is 29.5 Å². The summed E-state index contributed by atoms with van der Waals surface area (Å²) in [6, 6.07) is 0. The van der Waals surface area contributed by atoms with Crippen molar-refractivity contribution < 1.29 is 4.79 Å². The van der Waals surface area contributed by atoms with Crippen molar-refractivity contribution in [2.45, 2.75) is 44.9 Å². The molecule has 92 valence electrons. The van der Waals surface area contributed by atoms with Crippen molar-refractivity contribution in [2.24, 2.45) is 23.7 Å². The molecule has 1 heteroatoms. The van der Waals surface area contributed by atoms with Gasteiger partial charge in [-0.05, 0) is 50.4 Å². The van der Waals surface area contributed by atoms with E-state index in [9.17, 15) is 4.79 Å². The number of hydrogen-bond acceptors (Lipinski definition) is 1. The van der Waals surface area contributed by atoms with Crippen LogP contribution in [0.3, 0.4) is 0 Å². The molecule has 1 saturated carbocycles. The van der Waals surface area contributed by atoms with Crippen LogP contribution in [0.15, 0.2) is 24.3 Å². The normalized spacial score (nSPS) is 41.3. The Labute approximate surface area is 104 Å². The highest BCUT2D eigenvalue weighted by atomic mass is 16.1. The molecular formula is C16H22O. The third kappa shape index (κ3) is 2.12. The van der Waals surface area contributed by atoms with E-state index in [1.807, 2.05) is 0 Å². The number of fused-ring (bicyclic) bond motifs is 2. The topological polar surface area (TPSA) is 17.1 Å². The number of carbonyl (C=O) groups excluding carboxylic acids is 1. The molecule has 3 aliphatic rings. The zero-order valence-electron chi connectivity index (χ0n) is 10.5. The van der Waals surface area contributed by atoms with Gasteiger partial charge in [0.1, 0.15) is 5.78 Å². The van der Waals surface area contributed by atoms with Gasteiger partial charge in [-0.3, -0.25) is 4.79 Å². The fraction of sp³-hybridized carbons (Fsp3) is 0.688. The molecule has 4 atom stereocenters. The lowest BCUT2D eigenvalue weighted by Crippen LogP contribution is -2.36. The average Bonchev–Trinajstić information content (AvgIpc) is 2.37. The summed E-state index contributed by atoms with van der Waals surface area (Å²) in [6.45, 7) is 0. The first-order chi connectivity index (χ1) is 8.36. The summed E-state index contributed by atoms with van der Waals surface area (Å²) in [5.74, 6) is 2.40. The molecule has 0 radical (unpaired) electrons. The molecule has 1 fully saturated rings. The first-order valence-corrected chi connectivity index (χ1v) is 7.23. The second-order valence-electron chi connectivity index (χ2n) is 5.88. The summed E-state index contributed by atoms with van der Waals surface area (Å²) >= 11 is 0. The van der Waals surface area contributed by atoms with Crippen molar-refractivity contribution in [1.29, 1.82) is 0 Å². The summed E-state index contributed by atoms with van der Waals surface area (Å²) < 4.78 is 0. The number of allylic oxidation sites excluding steroid dienone is 4. The zero-order chi connectivity index (χ0) is 11.7. The van der Waals surface area contributed by atoms with Gasteiger partial charge in [-0.1, -0.05) is 30.7 Å². The summed E-state index contributed by atoms with van der Waals surface area (Å²) in [5, 5.41) is 0. The van der Waals surface area contributed by atoms with Crippen molar-refractivity contribution >= 4 is 5.78 Å². The van der Waals surface area contributed by atoms with Gasteiger partial charge in [0.15, 0.2) is 0 Å².